The maximum atomic E-state index is 12.9. The number of nitrogens with two attached hydrogens (primary N) is 1. The third kappa shape index (κ3) is 4.34. The Kier molecular flexibility index (Phi) is 6.20. The van der Waals surface area contributed by atoms with Crippen molar-refractivity contribution in [1.29, 1.82) is 0 Å². The van der Waals surface area contributed by atoms with Gasteiger partial charge in [-0.05, 0) is 61.0 Å². The zero-order chi connectivity index (χ0) is 23.7. The van der Waals surface area contributed by atoms with Gasteiger partial charge >= 0.3 is 0 Å². The number of hydrogen-bond acceptors (Lipinski definition) is 5. The average molecular weight is 450 g/mol. The number of aromatic nitrogens is 1. The summed E-state index contributed by atoms with van der Waals surface area (Å²) in [7, 11) is 0. The Balaban J connectivity index is 1.65. The fourth-order valence-electron chi connectivity index (χ4n) is 4.35. The standard InChI is InChI=1S/C25H27N3O5/c1-14-5-4-6-15(2)22(14)20-12-27-24(30)19-11-17(7-8-18(19)20)33-16(3)25(31)28-9-10-32-13-21(28)23(26)29/h4-8,11-12,16,21H,9-10,13H2,1-3H3,(H2,26,29)(H,27,30)/t16-,21+/m1/s1. The van der Waals surface area contributed by atoms with Crippen LogP contribution in [0.3, 0.4) is 0 Å². The number of pyridine rings is 1. The molecule has 3 N–H and O–H groups in total. The van der Waals surface area contributed by atoms with E-state index < -0.39 is 18.1 Å². The van der Waals surface area contributed by atoms with E-state index in [1.54, 1.807) is 25.3 Å². The summed E-state index contributed by atoms with van der Waals surface area (Å²) in [6, 6.07) is 10.5. The summed E-state index contributed by atoms with van der Waals surface area (Å²) in [5, 5.41) is 1.26. The lowest BCUT2D eigenvalue weighted by Crippen LogP contribution is -2.57. The number of rotatable bonds is 5. The van der Waals surface area contributed by atoms with E-state index in [0.29, 0.717) is 17.7 Å². The van der Waals surface area contributed by atoms with Crippen molar-refractivity contribution in [3.05, 3.63) is 64.1 Å². The Morgan fingerprint density at radius 2 is 1.91 bits per heavy atom. The monoisotopic (exact) mass is 449 g/mol. The SMILES string of the molecule is Cc1cccc(C)c1-c1c[nH]c(=O)c2cc(O[C@H](C)C(=O)N3CCOC[C@H]3C(N)=O)ccc12. The Labute approximate surface area is 191 Å². The van der Waals surface area contributed by atoms with Gasteiger partial charge in [0.15, 0.2) is 6.10 Å². The molecule has 2 heterocycles. The van der Waals surface area contributed by atoms with E-state index in [-0.39, 0.29) is 24.6 Å². The first-order valence-electron chi connectivity index (χ1n) is 10.8. The van der Waals surface area contributed by atoms with Crippen molar-refractivity contribution in [2.75, 3.05) is 19.8 Å². The number of aromatic amines is 1. The van der Waals surface area contributed by atoms with Gasteiger partial charge < -0.3 is 25.1 Å². The summed E-state index contributed by atoms with van der Waals surface area (Å²) in [5.41, 5.74) is 9.39. The molecule has 8 heteroatoms. The highest BCUT2D eigenvalue weighted by atomic mass is 16.5. The molecule has 1 fully saturated rings. The summed E-state index contributed by atoms with van der Waals surface area (Å²) in [6.07, 6.45) is 0.859. The van der Waals surface area contributed by atoms with E-state index in [0.717, 1.165) is 27.6 Å². The number of carbonyl (C=O) groups excluding carboxylic acids is 2. The second kappa shape index (κ2) is 9.07. The number of aryl methyl sites for hydroxylation is 2. The van der Waals surface area contributed by atoms with E-state index in [9.17, 15) is 14.4 Å². The van der Waals surface area contributed by atoms with E-state index in [4.69, 9.17) is 15.2 Å². The van der Waals surface area contributed by atoms with E-state index in [1.807, 2.05) is 38.1 Å². The maximum Gasteiger partial charge on any atom is 0.264 e. The van der Waals surface area contributed by atoms with Gasteiger partial charge in [-0.25, -0.2) is 0 Å². The van der Waals surface area contributed by atoms with Gasteiger partial charge in [-0.1, -0.05) is 18.2 Å². The number of nitrogens with zero attached hydrogens (tertiary/aromatic N) is 1. The van der Waals surface area contributed by atoms with E-state index in [2.05, 4.69) is 4.98 Å². The van der Waals surface area contributed by atoms with Crippen LogP contribution in [0, 0.1) is 13.8 Å². The first kappa shape index (κ1) is 22.5. The number of ether oxygens (including phenoxy) is 2. The normalized spacial score (nSPS) is 17.1. The zero-order valence-electron chi connectivity index (χ0n) is 18.9. The third-order valence-electron chi connectivity index (χ3n) is 6.02. The molecule has 1 aliphatic heterocycles. The summed E-state index contributed by atoms with van der Waals surface area (Å²) in [4.78, 5) is 41.5. The third-order valence-corrected chi connectivity index (χ3v) is 6.02. The fourth-order valence-corrected chi connectivity index (χ4v) is 4.35. The second-order valence-corrected chi connectivity index (χ2v) is 8.29. The largest absolute Gasteiger partial charge is 0.481 e. The quantitative estimate of drug-likeness (QED) is 0.620. The summed E-state index contributed by atoms with van der Waals surface area (Å²) in [6.45, 7) is 6.34. The van der Waals surface area contributed by atoms with Gasteiger partial charge in [0.2, 0.25) is 5.91 Å². The van der Waals surface area contributed by atoms with Crippen molar-refractivity contribution < 1.29 is 19.1 Å². The van der Waals surface area contributed by atoms with E-state index in [1.165, 1.54) is 4.90 Å². The molecule has 2 aromatic carbocycles. The number of amides is 2. The van der Waals surface area contributed by atoms with Crippen molar-refractivity contribution in [1.82, 2.24) is 9.88 Å². The van der Waals surface area contributed by atoms with Crippen LogP contribution in [0.4, 0.5) is 0 Å². The lowest BCUT2D eigenvalue weighted by molar-refractivity contribution is -0.152. The Morgan fingerprint density at radius 1 is 1.18 bits per heavy atom. The molecule has 0 saturated carbocycles. The summed E-state index contributed by atoms with van der Waals surface area (Å²) in [5.74, 6) is -0.594. The summed E-state index contributed by atoms with van der Waals surface area (Å²) < 4.78 is 11.2. The Bertz CT molecular complexity index is 1260. The highest BCUT2D eigenvalue weighted by Crippen LogP contribution is 2.33. The van der Waals surface area contributed by atoms with Crippen LogP contribution in [0.5, 0.6) is 5.75 Å². The molecule has 0 spiro atoms. The maximum absolute atomic E-state index is 12.9. The number of morpholine rings is 1. The Hall–Kier alpha value is -3.65. The molecule has 0 aliphatic carbocycles. The molecule has 172 valence electrons. The molecule has 3 aromatic rings. The van der Waals surface area contributed by atoms with Crippen molar-refractivity contribution in [3.8, 4) is 16.9 Å². The van der Waals surface area contributed by atoms with Crippen molar-refractivity contribution in [2.24, 2.45) is 5.73 Å². The van der Waals surface area contributed by atoms with Crippen LogP contribution in [-0.4, -0.2) is 53.6 Å². The molecule has 2 amide bonds. The van der Waals surface area contributed by atoms with Gasteiger partial charge in [0.1, 0.15) is 11.8 Å². The first-order chi connectivity index (χ1) is 15.8. The number of hydrogen-bond donors (Lipinski definition) is 2. The van der Waals surface area contributed by atoms with Crippen LogP contribution >= 0.6 is 0 Å². The highest BCUT2D eigenvalue weighted by Gasteiger charge is 2.34. The minimum absolute atomic E-state index is 0.0697. The molecule has 33 heavy (non-hydrogen) atoms. The van der Waals surface area contributed by atoms with Crippen LogP contribution in [-0.2, 0) is 14.3 Å². The van der Waals surface area contributed by atoms with Gasteiger partial charge in [0.05, 0.1) is 18.6 Å². The Morgan fingerprint density at radius 3 is 2.61 bits per heavy atom. The number of fused-ring (bicyclic) bond motifs is 1. The van der Waals surface area contributed by atoms with Crippen LogP contribution < -0.4 is 16.0 Å². The van der Waals surface area contributed by atoms with Gasteiger partial charge in [0, 0.05) is 18.3 Å². The molecule has 1 saturated heterocycles. The van der Waals surface area contributed by atoms with Gasteiger partial charge in [0.25, 0.3) is 11.5 Å². The van der Waals surface area contributed by atoms with Crippen LogP contribution in [0.25, 0.3) is 21.9 Å². The molecular formula is C25H27N3O5. The zero-order valence-corrected chi connectivity index (χ0v) is 18.9. The molecule has 1 aromatic heterocycles. The minimum Gasteiger partial charge on any atom is -0.481 e. The van der Waals surface area contributed by atoms with Crippen molar-refractivity contribution in [2.45, 2.75) is 32.9 Å². The minimum atomic E-state index is -0.872. The lowest BCUT2D eigenvalue weighted by Gasteiger charge is -2.35. The van der Waals surface area contributed by atoms with Gasteiger partial charge in [-0.2, -0.15) is 0 Å². The van der Waals surface area contributed by atoms with Gasteiger partial charge in [-0.15, -0.1) is 0 Å². The fraction of sp³-hybridized carbons (Fsp3) is 0.320. The van der Waals surface area contributed by atoms with Crippen LogP contribution in [0.2, 0.25) is 0 Å². The highest BCUT2D eigenvalue weighted by molar-refractivity contribution is 5.98. The number of carbonyl (C=O) groups is 2. The van der Waals surface area contributed by atoms with Gasteiger partial charge in [-0.3, -0.25) is 14.4 Å². The molecule has 0 bridgehead atoms. The number of H-pyrrole nitrogens is 1. The van der Waals surface area contributed by atoms with Crippen molar-refractivity contribution in [3.63, 3.8) is 0 Å². The average Bonchev–Trinajstić information content (AvgIpc) is 2.80. The molecule has 1 aliphatic rings. The molecule has 0 radical (unpaired) electrons. The number of benzene rings is 2. The molecule has 4 rings (SSSR count). The lowest BCUT2D eigenvalue weighted by atomic mass is 9.93. The number of primary amides is 1. The molecule has 2 atom stereocenters. The van der Waals surface area contributed by atoms with Crippen LogP contribution in [0.15, 0.2) is 47.4 Å². The molecule has 0 unspecified atom stereocenters. The topological polar surface area (TPSA) is 115 Å². The molecular weight excluding hydrogens is 422 g/mol. The van der Waals surface area contributed by atoms with Crippen LogP contribution in [0.1, 0.15) is 18.1 Å². The first-order valence-corrected chi connectivity index (χ1v) is 10.8. The second-order valence-electron chi connectivity index (χ2n) is 8.29. The summed E-state index contributed by atoms with van der Waals surface area (Å²) >= 11 is 0. The number of nitrogens with one attached hydrogen (secondary N) is 1. The van der Waals surface area contributed by atoms with E-state index >= 15 is 0 Å². The van der Waals surface area contributed by atoms with Crippen molar-refractivity contribution >= 4 is 22.6 Å². The smallest absolute Gasteiger partial charge is 0.264 e. The predicted molar refractivity (Wildman–Crippen MR) is 125 cm³/mol. The predicted octanol–water partition coefficient (Wildman–Crippen LogP) is 2.29. The molecule has 8 nitrogen and oxygen atoms in total.